The lowest BCUT2D eigenvalue weighted by atomic mass is 9.96. The van der Waals surface area contributed by atoms with Crippen LogP contribution < -0.4 is 0 Å². The third kappa shape index (κ3) is 3.39. The highest BCUT2D eigenvalue weighted by atomic mass is 16.4. The summed E-state index contributed by atoms with van der Waals surface area (Å²) >= 11 is 0. The molecule has 3 rings (SSSR count). The Kier molecular flexibility index (Phi) is 4.90. The first-order valence-corrected chi connectivity index (χ1v) is 9.07. The van der Waals surface area contributed by atoms with Gasteiger partial charge in [-0.1, -0.05) is 6.07 Å². The molecule has 2 heterocycles. The molecule has 0 atom stereocenters. The predicted molar refractivity (Wildman–Crippen MR) is 101 cm³/mol. The number of benzene rings is 1. The second-order valence-corrected chi connectivity index (χ2v) is 7.37. The Morgan fingerprint density at radius 3 is 2.08 bits per heavy atom. The lowest BCUT2D eigenvalue weighted by Gasteiger charge is -2.30. The van der Waals surface area contributed by atoms with Gasteiger partial charge in [0.25, 0.3) is 5.91 Å². The van der Waals surface area contributed by atoms with E-state index in [9.17, 15) is 9.59 Å². The quantitative estimate of drug-likeness (QED) is 0.915. The number of likely N-dealkylation sites (tertiary alicyclic amines) is 1. The number of carboxylic acids is 1. The van der Waals surface area contributed by atoms with E-state index in [1.165, 1.54) is 11.1 Å². The number of hydrogen-bond acceptors (Lipinski definition) is 2. The molecule has 5 nitrogen and oxygen atoms in total. The van der Waals surface area contributed by atoms with Gasteiger partial charge in [0.2, 0.25) is 0 Å². The Bertz CT molecular complexity index is 838. The largest absolute Gasteiger partial charge is 0.481 e. The second-order valence-electron chi connectivity index (χ2n) is 7.37. The first kappa shape index (κ1) is 18.2. The van der Waals surface area contributed by atoms with Crippen LogP contribution in [0.25, 0.3) is 5.69 Å². The number of nitrogens with zero attached hydrogens (tertiary/aromatic N) is 2. The molecule has 1 aliphatic rings. The molecule has 0 unspecified atom stereocenters. The van der Waals surface area contributed by atoms with Crippen LogP contribution in [0.15, 0.2) is 24.3 Å². The maximum absolute atomic E-state index is 13.0. The molecule has 1 saturated heterocycles. The van der Waals surface area contributed by atoms with Crippen LogP contribution in [0.2, 0.25) is 0 Å². The number of carboxylic acid groups (broad SMARTS) is 1. The fourth-order valence-corrected chi connectivity index (χ4v) is 3.96. The Labute approximate surface area is 154 Å². The van der Waals surface area contributed by atoms with E-state index in [0.29, 0.717) is 31.5 Å². The molecular weight excluding hydrogens is 328 g/mol. The van der Waals surface area contributed by atoms with Crippen LogP contribution in [0.1, 0.15) is 45.7 Å². The third-order valence-corrected chi connectivity index (χ3v) is 5.26. The summed E-state index contributed by atoms with van der Waals surface area (Å²) in [7, 11) is 0. The van der Waals surface area contributed by atoms with E-state index in [0.717, 1.165) is 17.1 Å². The van der Waals surface area contributed by atoms with E-state index in [2.05, 4.69) is 36.6 Å². The van der Waals surface area contributed by atoms with Crippen LogP contribution >= 0.6 is 0 Å². The Hall–Kier alpha value is -2.56. The van der Waals surface area contributed by atoms with Crippen molar-refractivity contribution in [1.29, 1.82) is 0 Å². The smallest absolute Gasteiger partial charge is 0.306 e. The van der Waals surface area contributed by atoms with Crippen molar-refractivity contribution < 1.29 is 14.7 Å². The number of rotatable bonds is 3. The maximum Gasteiger partial charge on any atom is 0.306 e. The summed E-state index contributed by atoms with van der Waals surface area (Å²) in [4.78, 5) is 25.9. The highest BCUT2D eigenvalue weighted by Gasteiger charge is 2.29. The molecule has 1 N–H and O–H groups in total. The van der Waals surface area contributed by atoms with Crippen LogP contribution in [-0.2, 0) is 4.79 Å². The van der Waals surface area contributed by atoms with Gasteiger partial charge in [-0.15, -0.1) is 0 Å². The highest BCUT2D eigenvalue weighted by Crippen LogP contribution is 2.25. The normalized spacial score (nSPS) is 15.3. The molecular formula is C21H26N2O3. The van der Waals surface area contributed by atoms with Crippen LogP contribution in [0, 0.1) is 33.6 Å². The molecule has 0 radical (unpaired) electrons. The minimum Gasteiger partial charge on any atom is -0.481 e. The summed E-state index contributed by atoms with van der Waals surface area (Å²) in [5.74, 6) is -1.09. The zero-order valence-electron chi connectivity index (χ0n) is 15.9. The van der Waals surface area contributed by atoms with E-state index in [1.54, 1.807) is 4.90 Å². The fourth-order valence-electron chi connectivity index (χ4n) is 3.96. The number of carbonyl (C=O) groups is 2. The first-order chi connectivity index (χ1) is 12.3. The van der Waals surface area contributed by atoms with Gasteiger partial charge < -0.3 is 14.6 Å². The van der Waals surface area contributed by atoms with Crippen LogP contribution in [0.5, 0.6) is 0 Å². The van der Waals surface area contributed by atoms with Crippen molar-refractivity contribution in [3.05, 3.63) is 52.3 Å². The molecule has 1 aromatic carbocycles. The number of aryl methyl sites for hydroxylation is 3. The molecule has 0 aliphatic carbocycles. The molecule has 1 fully saturated rings. The summed E-state index contributed by atoms with van der Waals surface area (Å²) in [6.07, 6.45) is 1.05. The molecule has 1 aliphatic heterocycles. The van der Waals surface area contributed by atoms with Crippen molar-refractivity contribution in [3.63, 3.8) is 0 Å². The van der Waals surface area contributed by atoms with Crippen molar-refractivity contribution in [2.45, 2.75) is 40.5 Å². The van der Waals surface area contributed by atoms with Crippen molar-refractivity contribution in [3.8, 4) is 5.69 Å². The van der Waals surface area contributed by atoms with E-state index in [4.69, 9.17) is 5.11 Å². The molecule has 5 heteroatoms. The molecule has 1 amide bonds. The maximum atomic E-state index is 13.0. The van der Waals surface area contributed by atoms with Crippen LogP contribution in [-0.4, -0.2) is 39.5 Å². The van der Waals surface area contributed by atoms with Crippen molar-refractivity contribution in [1.82, 2.24) is 9.47 Å². The highest BCUT2D eigenvalue weighted by molar-refractivity contribution is 5.96. The number of hydrogen-bond donors (Lipinski definition) is 1. The summed E-state index contributed by atoms with van der Waals surface area (Å²) in [5.41, 5.74) is 6.11. The standard InChI is InChI=1S/C21H26N2O3/c1-13-9-14(2)11-18(10-13)23-15(3)12-19(16(23)4)20(24)22-7-5-17(6-8-22)21(25)26/h9-12,17H,5-8H2,1-4H3,(H,25,26). The van der Waals surface area contributed by atoms with Crippen molar-refractivity contribution >= 4 is 11.9 Å². The number of aliphatic carboxylic acids is 1. The van der Waals surface area contributed by atoms with E-state index < -0.39 is 5.97 Å². The Morgan fingerprint density at radius 1 is 0.962 bits per heavy atom. The zero-order chi connectivity index (χ0) is 19.0. The summed E-state index contributed by atoms with van der Waals surface area (Å²) in [6.45, 7) is 9.14. The summed E-state index contributed by atoms with van der Waals surface area (Å²) in [5, 5.41) is 9.13. The fraction of sp³-hybridized carbons (Fsp3) is 0.429. The van der Waals surface area contributed by atoms with Gasteiger partial charge in [-0.05, 0) is 69.9 Å². The molecule has 26 heavy (non-hydrogen) atoms. The monoisotopic (exact) mass is 354 g/mol. The van der Waals surface area contributed by atoms with Crippen LogP contribution in [0.4, 0.5) is 0 Å². The third-order valence-electron chi connectivity index (χ3n) is 5.26. The molecule has 2 aromatic rings. The van der Waals surface area contributed by atoms with Gasteiger partial charge in [0.15, 0.2) is 0 Å². The Morgan fingerprint density at radius 2 is 1.54 bits per heavy atom. The zero-order valence-corrected chi connectivity index (χ0v) is 15.9. The van der Waals surface area contributed by atoms with Gasteiger partial charge in [0.05, 0.1) is 11.5 Å². The Balaban J connectivity index is 1.88. The summed E-state index contributed by atoms with van der Waals surface area (Å²) < 4.78 is 2.12. The number of piperidine rings is 1. The SMILES string of the molecule is Cc1cc(C)cc(-n2c(C)cc(C(=O)N3CCC(C(=O)O)CC3)c2C)c1. The molecule has 0 bridgehead atoms. The average molecular weight is 354 g/mol. The first-order valence-electron chi connectivity index (χ1n) is 9.07. The van der Waals surface area contributed by atoms with E-state index in [1.807, 2.05) is 19.9 Å². The molecule has 0 saturated carbocycles. The van der Waals surface area contributed by atoms with Gasteiger partial charge >= 0.3 is 5.97 Å². The van der Waals surface area contributed by atoms with E-state index >= 15 is 0 Å². The van der Waals surface area contributed by atoms with Gasteiger partial charge in [-0.2, -0.15) is 0 Å². The van der Waals surface area contributed by atoms with Gasteiger partial charge in [-0.3, -0.25) is 9.59 Å². The molecule has 0 spiro atoms. The average Bonchev–Trinajstić information content (AvgIpc) is 2.88. The predicted octanol–water partition coefficient (Wildman–Crippen LogP) is 3.65. The van der Waals surface area contributed by atoms with Gasteiger partial charge in [-0.25, -0.2) is 0 Å². The minimum atomic E-state index is -0.759. The number of aromatic nitrogens is 1. The number of amides is 1. The molecule has 1 aromatic heterocycles. The summed E-state index contributed by atoms with van der Waals surface area (Å²) in [6, 6.07) is 8.33. The lowest BCUT2D eigenvalue weighted by Crippen LogP contribution is -2.40. The lowest BCUT2D eigenvalue weighted by molar-refractivity contribution is -0.143. The van der Waals surface area contributed by atoms with Crippen molar-refractivity contribution in [2.75, 3.05) is 13.1 Å². The van der Waals surface area contributed by atoms with Crippen LogP contribution in [0.3, 0.4) is 0 Å². The minimum absolute atomic E-state index is 0.00226. The molecule has 138 valence electrons. The topological polar surface area (TPSA) is 62.5 Å². The van der Waals surface area contributed by atoms with Gasteiger partial charge in [0.1, 0.15) is 0 Å². The second kappa shape index (κ2) is 6.98. The van der Waals surface area contributed by atoms with E-state index in [-0.39, 0.29) is 11.8 Å². The van der Waals surface area contributed by atoms with Gasteiger partial charge in [0, 0.05) is 30.2 Å². The van der Waals surface area contributed by atoms with Crippen molar-refractivity contribution in [2.24, 2.45) is 5.92 Å². The number of carbonyl (C=O) groups excluding carboxylic acids is 1.